The third kappa shape index (κ3) is 3.00. The van der Waals surface area contributed by atoms with E-state index in [9.17, 15) is 14.7 Å². The van der Waals surface area contributed by atoms with E-state index in [0.717, 1.165) is 25.2 Å². The summed E-state index contributed by atoms with van der Waals surface area (Å²) in [5.74, 6) is 0.739. The van der Waals surface area contributed by atoms with Crippen molar-refractivity contribution in [2.45, 2.75) is 25.4 Å². The monoisotopic (exact) mass is 430 g/mol. The smallest absolute Gasteiger partial charge is 0.250 e. The Balaban J connectivity index is 1.36. The number of aromatic nitrogens is 1. The number of aromatic hydroxyl groups is 1. The first-order valence-electron chi connectivity index (χ1n) is 10.8. The van der Waals surface area contributed by atoms with E-state index in [0.29, 0.717) is 41.1 Å². The molecule has 7 heteroatoms. The number of phenols is 1. The Hall–Kier alpha value is -3.58. The second-order valence-corrected chi connectivity index (χ2v) is 8.78. The van der Waals surface area contributed by atoms with Crippen LogP contribution >= 0.6 is 0 Å². The molecule has 0 aliphatic carbocycles. The number of furan rings is 2. The normalized spacial score (nSPS) is 20.4. The maximum absolute atomic E-state index is 13.0. The van der Waals surface area contributed by atoms with Gasteiger partial charge in [-0.3, -0.25) is 14.5 Å². The third-order valence-electron chi connectivity index (χ3n) is 6.75. The first kappa shape index (κ1) is 19.1. The lowest BCUT2D eigenvalue weighted by Crippen LogP contribution is -2.46. The van der Waals surface area contributed by atoms with Crippen LogP contribution in [-0.2, 0) is 13.1 Å². The van der Waals surface area contributed by atoms with E-state index in [1.54, 1.807) is 30.3 Å². The number of hydrogen-bond acceptors (Lipinski definition) is 6. The minimum atomic E-state index is -0.274. The van der Waals surface area contributed by atoms with Crippen LogP contribution in [-0.4, -0.2) is 33.4 Å². The lowest BCUT2D eigenvalue weighted by Gasteiger charge is -2.42. The van der Waals surface area contributed by atoms with Gasteiger partial charge in [0.2, 0.25) is 5.78 Å². The van der Waals surface area contributed by atoms with Crippen molar-refractivity contribution in [2.24, 2.45) is 5.92 Å². The molecular weight excluding hydrogens is 408 g/mol. The number of fused-ring (bicyclic) bond motifs is 5. The number of phenolic OH excluding ortho intramolecular Hbond substituents is 1. The van der Waals surface area contributed by atoms with E-state index >= 15 is 0 Å². The second-order valence-electron chi connectivity index (χ2n) is 8.78. The van der Waals surface area contributed by atoms with Crippen molar-refractivity contribution >= 4 is 16.8 Å². The molecule has 2 bridgehead atoms. The highest BCUT2D eigenvalue weighted by atomic mass is 16.3. The van der Waals surface area contributed by atoms with Gasteiger partial charge in [0.05, 0.1) is 11.8 Å². The summed E-state index contributed by atoms with van der Waals surface area (Å²) in [4.78, 5) is 27.6. The number of rotatable bonds is 4. The Kier molecular flexibility index (Phi) is 4.33. The topological polar surface area (TPSA) is 88.8 Å². The number of ketones is 1. The lowest BCUT2D eigenvalue weighted by atomic mass is 9.83. The number of hydrogen-bond donors (Lipinski definition) is 1. The second kappa shape index (κ2) is 7.24. The summed E-state index contributed by atoms with van der Waals surface area (Å²) < 4.78 is 12.9. The summed E-state index contributed by atoms with van der Waals surface area (Å²) >= 11 is 0. The summed E-state index contributed by atoms with van der Waals surface area (Å²) in [5.41, 5.74) is 2.76. The first-order chi connectivity index (χ1) is 15.6. The van der Waals surface area contributed by atoms with Gasteiger partial charge in [0.15, 0.2) is 5.76 Å². The van der Waals surface area contributed by atoms with Crippen LogP contribution in [0.2, 0.25) is 0 Å². The molecule has 0 radical (unpaired) electrons. The average Bonchev–Trinajstić information content (AvgIpc) is 3.46. The summed E-state index contributed by atoms with van der Waals surface area (Å²) in [6.07, 6.45) is 3.96. The van der Waals surface area contributed by atoms with Crippen molar-refractivity contribution in [3.8, 4) is 5.75 Å². The Morgan fingerprint density at radius 3 is 2.81 bits per heavy atom. The number of nitrogens with zero attached hydrogens (tertiary/aromatic N) is 2. The van der Waals surface area contributed by atoms with Crippen LogP contribution in [0.1, 0.15) is 39.7 Å². The van der Waals surface area contributed by atoms with Gasteiger partial charge in [-0.15, -0.1) is 0 Å². The molecule has 1 aromatic carbocycles. The number of carbonyl (C=O) groups excluding carboxylic acids is 1. The molecule has 1 fully saturated rings. The number of piperidine rings is 1. The van der Waals surface area contributed by atoms with E-state index in [1.807, 2.05) is 16.7 Å². The van der Waals surface area contributed by atoms with Gasteiger partial charge in [-0.1, -0.05) is 6.07 Å². The molecule has 0 saturated carbocycles. The zero-order valence-corrected chi connectivity index (χ0v) is 17.4. The van der Waals surface area contributed by atoms with E-state index in [-0.39, 0.29) is 28.8 Å². The molecule has 32 heavy (non-hydrogen) atoms. The predicted molar refractivity (Wildman–Crippen MR) is 117 cm³/mol. The molecule has 0 spiro atoms. The third-order valence-corrected chi connectivity index (χ3v) is 6.75. The maximum atomic E-state index is 13.0. The standard InChI is InChI=1S/C25H22N2O5/c28-20-6-7-21-24(18(14-32-21)25(30)22-4-2-8-31-22)17(20)13-26-10-15-9-16(12-26)19-3-1-5-23(29)27(19)11-15/h1-8,14-16,28H,9-13H2/t15-,16+/m0/s1. The van der Waals surface area contributed by atoms with Crippen molar-refractivity contribution in [2.75, 3.05) is 13.1 Å². The Labute approximate surface area is 183 Å². The van der Waals surface area contributed by atoms with Crippen LogP contribution in [0, 0.1) is 5.92 Å². The molecule has 6 rings (SSSR count). The fraction of sp³-hybridized carbons (Fsp3) is 0.280. The molecule has 162 valence electrons. The molecule has 7 nitrogen and oxygen atoms in total. The van der Waals surface area contributed by atoms with E-state index in [2.05, 4.69) is 4.90 Å². The molecule has 3 aromatic heterocycles. The highest BCUT2D eigenvalue weighted by Crippen LogP contribution is 2.38. The van der Waals surface area contributed by atoms with Gasteiger partial charge in [-0.25, -0.2) is 0 Å². The first-order valence-corrected chi connectivity index (χ1v) is 10.8. The van der Waals surface area contributed by atoms with Crippen LogP contribution in [0.25, 0.3) is 11.0 Å². The summed E-state index contributed by atoms with van der Waals surface area (Å²) in [5, 5.41) is 11.4. The molecule has 4 aromatic rings. The molecule has 2 aliphatic rings. The fourth-order valence-corrected chi connectivity index (χ4v) is 5.41. The van der Waals surface area contributed by atoms with Crippen LogP contribution in [0.4, 0.5) is 0 Å². The molecule has 1 saturated heterocycles. The SMILES string of the molecule is O=C(c1ccco1)c1coc2ccc(O)c(CN3C[C@@H]4C[C@H](C3)c3cccc(=O)n3C4)c12. The Morgan fingerprint density at radius 2 is 1.97 bits per heavy atom. The van der Waals surface area contributed by atoms with Gasteiger partial charge in [-0.2, -0.15) is 0 Å². The lowest BCUT2D eigenvalue weighted by molar-refractivity contribution is 0.101. The number of likely N-dealkylation sites (tertiary alicyclic amines) is 1. The molecule has 0 amide bonds. The van der Waals surface area contributed by atoms with Crippen LogP contribution < -0.4 is 5.56 Å². The summed E-state index contributed by atoms with van der Waals surface area (Å²) in [6.45, 7) is 2.82. The minimum Gasteiger partial charge on any atom is -0.508 e. The Bertz CT molecular complexity index is 1380. The van der Waals surface area contributed by atoms with E-state index < -0.39 is 0 Å². The van der Waals surface area contributed by atoms with Crippen LogP contribution in [0.5, 0.6) is 5.75 Å². The fourth-order valence-electron chi connectivity index (χ4n) is 5.41. The molecule has 2 atom stereocenters. The van der Waals surface area contributed by atoms with Crippen molar-refractivity contribution in [3.05, 3.63) is 87.9 Å². The molecule has 2 aliphatic heterocycles. The van der Waals surface area contributed by atoms with Gasteiger partial charge in [0.1, 0.15) is 17.6 Å². The maximum Gasteiger partial charge on any atom is 0.250 e. The quantitative estimate of drug-likeness (QED) is 0.496. The minimum absolute atomic E-state index is 0.0625. The van der Waals surface area contributed by atoms with E-state index in [4.69, 9.17) is 8.83 Å². The number of pyridine rings is 1. The van der Waals surface area contributed by atoms with Gasteiger partial charge in [-0.05, 0) is 42.7 Å². The average molecular weight is 430 g/mol. The van der Waals surface area contributed by atoms with Crippen molar-refractivity contribution in [1.82, 2.24) is 9.47 Å². The van der Waals surface area contributed by atoms with Gasteiger partial charge >= 0.3 is 0 Å². The van der Waals surface area contributed by atoms with Crippen LogP contribution in [0.15, 0.2) is 68.6 Å². The highest BCUT2D eigenvalue weighted by Gasteiger charge is 2.35. The van der Waals surface area contributed by atoms with Crippen LogP contribution in [0.3, 0.4) is 0 Å². The van der Waals surface area contributed by atoms with Gasteiger partial charge in [0.25, 0.3) is 5.56 Å². The van der Waals surface area contributed by atoms with Gasteiger partial charge in [0, 0.05) is 54.8 Å². The molecular formula is C25H22N2O5. The highest BCUT2D eigenvalue weighted by molar-refractivity contribution is 6.15. The predicted octanol–water partition coefficient (Wildman–Crippen LogP) is 3.74. The van der Waals surface area contributed by atoms with Crippen molar-refractivity contribution in [3.63, 3.8) is 0 Å². The Morgan fingerprint density at radius 1 is 1.06 bits per heavy atom. The van der Waals surface area contributed by atoms with Crippen molar-refractivity contribution in [1.29, 1.82) is 0 Å². The summed E-state index contributed by atoms with van der Waals surface area (Å²) in [7, 11) is 0. The van der Waals surface area contributed by atoms with Crippen molar-refractivity contribution < 1.29 is 18.7 Å². The number of carbonyl (C=O) groups is 1. The molecule has 5 heterocycles. The molecule has 0 unspecified atom stereocenters. The summed E-state index contributed by atoms with van der Waals surface area (Å²) in [6, 6.07) is 12.1. The largest absolute Gasteiger partial charge is 0.508 e. The zero-order chi connectivity index (χ0) is 21.8. The number of benzene rings is 1. The molecule has 1 N–H and O–H groups in total. The van der Waals surface area contributed by atoms with E-state index in [1.165, 1.54) is 12.5 Å². The zero-order valence-electron chi connectivity index (χ0n) is 17.4. The van der Waals surface area contributed by atoms with Gasteiger partial charge < -0.3 is 18.5 Å².